The zero-order chi connectivity index (χ0) is 10.1. The van der Waals surface area contributed by atoms with E-state index in [0.29, 0.717) is 11.5 Å². The topological polar surface area (TPSA) is 30.8 Å². The average molecular weight is 250 g/mol. The molecule has 0 saturated carbocycles. The molecule has 1 atom stereocenters. The first-order valence-electron chi connectivity index (χ1n) is 3.81. The number of hydrogen-bond acceptors (Lipinski definition) is 4. The molecule has 2 rings (SSSR count). The fourth-order valence-electron chi connectivity index (χ4n) is 1.16. The van der Waals surface area contributed by atoms with E-state index in [1.54, 1.807) is 14.2 Å². The molecule has 0 aliphatic carbocycles. The van der Waals surface area contributed by atoms with Gasteiger partial charge < -0.3 is 9.47 Å². The number of ether oxygens (including phenoxy) is 2. The number of rotatable bonds is 2. The van der Waals surface area contributed by atoms with Crippen LogP contribution in [-0.2, 0) is 8.94 Å². The highest BCUT2D eigenvalue weighted by Gasteiger charge is 2.17. The first kappa shape index (κ1) is 10.1. The van der Waals surface area contributed by atoms with Crippen molar-refractivity contribution in [3.05, 3.63) is 12.1 Å². The Morgan fingerprint density at radius 3 is 2.57 bits per heavy atom. The molecule has 0 fully saturated rings. The van der Waals surface area contributed by atoms with Crippen molar-refractivity contribution in [3.63, 3.8) is 0 Å². The summed E-state index contributed by atoms with van der Waals surface area (Å²) in [7, 11) is 10.2. The molecule has 3 nitrogen and oxygen atoms in total. The molecule has 14 heavy (non-hydrogen) atoms. The van der Waals surface area contributed by atoms with Gasteiger partial charge >= 0.3 is 0 Å². The SMILES string of the molecule is COc1cc2c(cc1OC)SS(Cl)=N2. The largest absolute Gasteiger partial charge is 0.493 e. The van der Waals surface area contributed by atoms with Crippen LogP contribution in [-0.4, -0.2) is 14.2 Å². The number of halogens is 1. The van der Waals surface area contributed by atoms with Crippen LogP contribution in [0.4, 0.5) is 5.69 Å². The van der Waals surface area contributed by atoms with Crippen molar-refractivity contribution in [2.45, 2.75) is 4.90 Å². The normalized spacial score (nSPS) is 18.6. The van der Waals surface area contributed by atoms with Gasteiger partial charge in [0.1, 0.15) is 0 Å². The standard InChI is InChI=1S/C8H8ClNO2S2/c1-11-6-3-5-8(4-7(6)12-2)13-14(9)10-5/h3-4H,1-2H3. The highest BCUT2D eigenvalue weighted by molar-refractivity contribution is 8.78. The highest BCUT2D eigenvalue weighted by Crippen LogP contribution is 2.47. The third kappa shape index (κ3) is 1.71. The van der Waals surface area contributed by atoms with Crippen LogP contribution in [0.25, 0.3) is 0 Å². The number of nitrogens with zero attached hydrogens (tertiary/aromatic N) is 1. The maximum atomic E-state index is 5.91. The van der Waals surface area contributed by atoms with E-state index >= 15 is 0 Å². The summed E-state index contributed by atoms with van der Waals surface area (Å²) >= 11 is 0. The zero-order valence-electron chi connectivity index (χ0n) is 7.61. The van der Waals surface area contributed by atoms with Gasteiger partial charge in [-0.15, -0.1) is 0 Å². The molecular formula is C8H8ClNO2S2. The van der Waals surface area contributed by atoms with E-state index in [1.807, 2.05) is 12.1 Å². The molecule has 1 aromatic rings. The van der Waals surface area contributed by atoms with Crippen LogP contribution >= 0.6 is 21.5 Å². The number of fused-ring (bicyclic) bond motifs is 1. The Morgan fingerprint density at radius 2 is 1.93 bits per heavy atom. The van der Waals surface area contributed by atoms with Crippen LogP contribution in [0.3, 0.4) is 0 Å². The predicted octanol–water partition coefficient (Wildman–Crippen LogP) is 3.31. The van der Waals surface area contributed by atoms with E-state index in [4.69, 9.17) is 20.2 Å². The van der Waals surface area contributed by atoms with Gasteiger partial charge in [0.05, 0.1) is 33.7 Å². The van der Waals surface area contributed by atoms with E-state index in [9.17, 15) is 0 Å². The van der Waals surface area contributed by atoms with E-state index in [0.717, 1.165) is 10.6 Å². The van der Waals surface area contributed by atoms with Crippen LogP contribution in [0.1, 0.15) is 0 Å². The molecule has 76 valence electrons. The van der Waals surface area contributed by atoms with Crippen molar-refractivity contribution in [2.24, 2.45) is 4.36 Å². The van der Waals surface area contributed by atoms with Gasteiger partial charge in [-0.05, 0) is 21.5 Å². The zero-order valence-corrected chi connectivity index (χ0v) is 10.0. The van der Waals surface area contributed by atoms with Gasteiger partial charge in [0.25, 0.3) is 0 Å². The van der Waals surface area contributed by atoms with E-state index in [-0.39, 0.29) is 0 Å². The third-order valence-electron chi connectivity index (χ3n) is 1.79. The number of hydrogen-bond donors (Lipinski definition) is 0. The lowest BCUT2D eigenvalue weighted by atomic mass is 10.3. The van der Waals surface area contributed by atoms with Crippen molar-refractivity contribution < 1.29 is 9.47 Å². The van der Waals surface area contributed by atoms with Crippen LogP contribution < -0.4 is 9.47 Å². The lowest BCUT2D eigenvalue weighted by molar-refractivity contribution is 0.354. The molecule has 1 aliphatic heterocycles. The molecule has 1 heterocycles. The fraction of sp³-hybridized carbons (Fsp3) is 0.250. The molecule has 0 spiro atoms. The van der Waals surface area contributed by atoms with Crippen molar-refractivity contribution in [3.8, 4) is 11.5 Å². The number of methoxy groups -OCH3 is 2. The highest BCUT2D eigenvalue weighted by atomic mass is 35.7. The van der Waals surface area contributed by atoms with Crippen molar-refractivity contribution in [1.82, 2.24) is 0 Å². The van der Waals surface area contributed by atoms with Gasteiger partial charge in [-0.2, -0.15) is 0 Å². The smallest absolute Gasteiger partial charge is 0.162 e. The minimum absolute atomic E-state index is 0.487. The molecule has 0 bridgehead atoms. The van der Waals surface area contributed by atoms with Gasteiger partial charge in [-0.25, -0.2) is 4.36 Å². The molecule has 6 heteroatoms. The van der Waals surface area contributed by atoms with Gasteiger partial charge in [0.2, 0.25) is 0 Å². The second-order valence-corrected chi connectivity index (χ2v) is 6.63. The molecule has 0 radical (unpaired) electrons. The Balaban J connectivity index is 2.49. The summed E-state index contributed by atoms with van der Waals surface area (Å²) in [4.78, 5) is 1.04. The Hall–Kier alpha value is -0.390. The van der Waals surface area contributed by atoms with Gasteiger partial charge in [0.15, 0.2) is 11.5 Å². The first-order chi connectivity index (χ1) is 6.74. The fourth-order valence-corrected chi connectivity index (χ4v) is 4.08. The maximum Gasteiger partial charge on any atom is 0.162 e. The lowest BCUT2D eigenvalue weighted by Crippen LogP contribution is -1.89. The van der Waals surface area contributed by atoms with Gasteiger partial charge in [-0.3, -0.25) is 0 Å². The van der Waals surface area contributed by atoms with Crippen molar-refractivity contribution in [1.29, 1.82) is 0 Å². The Bertz CT molecular complexity index is 409. The third-order valence-corrected chi connectivity index (χ3v) is 4.73. The second kappa shape index (κ2) is 4.00. The monoisotopic (exact) mass is 249 g/mol. The van der Waals surface area contributed by atoms with E-state index in [1.165, 1.54) is 10.8 Å². The second-order valence-electron chi connectivity index (χ2n) is 2.56. The molecule has 1 unspecified atom stereocenters. The van der Waals surface area contributed by atoms with E-state index < -0.39 is 8.94 Å². The minimum atomic E-state index is -0.487. The molecule has 0 amide bonds. The summed E-state index contributed by atoms with van der Waals surface area (Å²) in [6.07, 6.45) is 0. The molecule has 0 aromatic heterocycles. The summed E-state index contributed by atoms with van der Waals surface area (Å²) < 4.78 is 14.6. The minimum Gasteiger partial charge on any atom is -0.493 e. The van der Waals surface area contributed by atoms with Gasteiger partial charge in [-0.1, -0.05) is 0 Å². The Kier molecular flexibility index (Phi) is 2.90. The summed E-state index contributed by atoms with van der Waals surface area (Å²) in [5.41, 5.74) is 0.881. The summed E-state index contributed by atoms with van der Waals surface area (Å²) in [5, 5.41) is 0. The van der Waals surface area contributed by atoms with Crippen LogP contribution in [0, 0.1) is 0 Å². The predicted molar refractivity (Wildman–Crippen MR) is 60.7 cm³/mol. The summed E-state index contributed by atoms with van der Waals surface area (Å²) in [6.45, 7) is 0. The molecule has 0 saturated heterocycles. The van der Waals surface area contributed by atoms with Gasteiger partial charge in [0, 0.05) is 12.1 Å². The molecular weight excluding hydrogens is 242 g/mol. The van der Waals surface area contributed by atoms with Crippen LogP contribution in [0.2, 0.25) is 0 Å². The summed E-state index contributed by atoms with van der Waals surface area (Å²) in [5.74, 6) is 1.40. The van der Waals surface area contributed by atoms with Crippen LogP contribution in [0.5, 0.6) is 11.5 Å². The first-order valence-corrected chi connectivity index (χ1v) is 7.15. The molecule has 0 N–H and O–H groups in total. The maximum absolute atomic E-state index is 5.91. The Labute approximate surface area is 92.7 Å². The van der Waals surface area contributed by atoms with E-state index in [2.05, 4.69) is 4.36 Å². The molecule has 1 aliphatic rings. The molecule has 1 aromatic carbocycles. The Morgan fingerprint density at radius 1 is 1.29 bits per heavy atom. The summed E-state index contributed by atoms with van der Waals surface area (Å²) in [6, 6.07) is 3.74. The average Bonchev–Trinajstić information content (AvgIpc) is 2.54. The quantitative estimate of drug-likeness (QED) is 0.754. The van der Waals surface area contributed by atoms with Crippen molar-refractivity contribution >= 4 is 36.1 Å². The lowest BCUT2D eigenvalue weighted by Gasteiger charge is -2.08. The van der Waals surface area contributed by atoms with Crippen molar-refractivity contribution in [2.75, 3.05) is 14.2 Å². The number of benzene rings is 1. The van der Waals surface area contributed by atoms with Crippen LogP contribution in [0.15, 0.2) is 21.4 Å².